The maximum Gasteiger partial charge on any atom is 0.293 e. The number of nitrogens with one attached hydrogen (secondary N) is 1. The van der Waals surface area contributed by atoms with Crippen LogP contribution < -0.4 is 15.9 Å². The summed E-state index contributed by atoms with van der Waals surface area (Å²) in [5, 5.41) is 30.6. The molecule has 0 spiro atoms. The Hall–Kier alpha value is -4.56. The number of nitrogen functional groups attached to an aromatic ring is 1. The minimum atomic E-state index is -0.708. The van der Waals surface area contributed by atoms with E-state index in [0.717, 1.165) is 0 Å². The van der Waals surface area contributed by atoms with Crippen LogP contribution in [0, 0.1) is 17.0 Å². The zero-order chi connectivity index (χ0) is 25.8. The van der Waals surface area contributed by atoms with Gasteiger partial charge in [0.15, 0.2) is 5.69 Å². The molecule has 0 saturated carbocycles. The van der Waals surface area contributed by atoms with Gasteiger partial charge in [-0.25, -0.2) is 10.1 Å². The van der Waals surface area contributed by atoms with E-state index in [1.165, 1.54) is 29.1 Å². The third kappa shape index (κ3) is 5.08. The number of nitrogens with two attached hydrogens (primary N) is 1. The lowest BCUT2D eigenvalue weighted by molar-refractivity contribution is -0.384. The van der Waals surface area contributed by atoms with E-state index in [1.807, 2.05) is 0 Å². The summed E-state index contributed by atoms with van der Waals surface area (Å²) >= 11 is 12.3. The van der Waals surface area contributed by atoms with Gasteiger partial charge in [-0.3, -0.25) is 14.9 Å². The fraction of sp³-hybridized carbons (Fsp3) is 0.100. The van der Waals surface area contributed by atoms with E-state index in [0.29, 0.717) is 21.3 Å². The number of carbonyl (C=O) groups excluding carboxylic acids is 1. The van der Waals surface area contributed by atoms with E-state index in [9.17, 15) is 14.9 Å². The summed E-state index contributed by atoms with van der Waals surface area (Å²) in [4.78, 5) is 23.2. The second-order valence-corrected chi connectivity index (χ2v) is 7.89. The van der Waals surface area contributed by atoms with Crippen LogP contribution in [0.5, 0.6) is 5.75 Å². The molecule has 0 fully saturated rings. The van der Waals surface area contributed by atoms with Crippen LogP contribution in [0.15, 0.2) is 46.1 Å². The van der Waals surface area contributed by atoms with Crippen molar-refractivity contribution in [1.82, 2.24) is 30.7 Å². The zero-order valence-corrected chi connectivity index (χ0v) is 19.8. The third-order valence-electron chi connectivity index (χ3n) is 4.81. The molecule has 16 heteroatoms. The number of nitro groups is 1. The fourth-order valence-electron chi connectivity index (χ4n) is 2.99. The monoisotopic (exact) mass is 531 g/mol. The van der Waals surface area contributed by atoms with Crippen molar-refractivity contribution in [2.75, 3.05) is 5.73 Å². The average Bonchev–Trinajstić information content (AvgIpc) is 3.43. The molecule has 0 unspecified atom stereocenters. The first-order chi connectivity index (χ1) is 17.3. The molecule has 2 aromatic heterocycles. The molecule has 1 amide bonds. The minimum absolute atomic E-state index is 0.00808. The maximum absolute atomic E-state index is 12.6. The summed E-state index contributed by atoms with van der Waals surface area (Å²) < 4.78 is 11.5. The Morgan fingerprint density at radius 1 is 1.31 bits per heavy atom. The first kappa shape index (κ1) is 24.6. The van der Waals surface area contributed by atoms with Gasteiger partial charge in [-0.15, -0.1) is 5.10 Å². The number of ether oxygens (including phenoxy) is 1. The second kappa shape index (κ2) is 10.4. The van der Waals surface area contributed by atoms with Crippen LogP contribution in [0.4, 0.5) is 11.5 Å². The van der Waals surface area contributed by atoms with Crippen molar-refractivity contribution in [1.29, 1.82) is 0 Å². The summed E-state index contributed by atoms with van der Waals surface area (Å²) in [6.45, 7) is 1.55. The molecule has 14 nitrogen and oxygen atoms in total. The Morgan fingerprint density at radius 2 is 2.06 bits per heavy atom. The molecule has 2 aromatic carbocycles. The molecule has 4 rings (SSSR count). The lowest BCUT2D eigenvalue weighted by atomic mass is 10.2. The van der Waals surface area contributed by atoms with Crippen molar-refractivity contribution in [3.8, 4) is 11.6 Å². The summed E-state index contributed by atoms with van der Waals surface area (Å²) in [7, 11) is 0. The van der Waals surface area contributed by atoms with Crippen LogP contribution in [-0.2, 0) is 6.61 Å². The molecule has 3 N–H and O–H groups in total. The van der Waals surface area contributed by atoms with Gasteiger partial charge in [-0.05, 0) is 35.4 Å². The van der Waals surface area contributed by atoms with Crippen LogP contribution in [-0.4, -0.2) is 42.4 Å². The van der Waals surface area contributed by atoms with E-state index >= 15 is 0 Å². The molecule has 0 bridgehead atoms. The highest BCUT2D eigenvalue weighted by molar-refractivity contribution is 6.35. The summed E-state index contributed by atoms with van der Waals surface area (Å²) in [6, 6.07) is 8.92. The molecule has 0 saturated heterocycles. The van der Waals surface area contributed by atoms with E-state index in [-0.39, 0.29) is 40.9 Å². The SMILES string of the molecule is Cc1c(C(=O)N/N=C/c2cc([N+](=O)[O-])ccc2OCc2c(Cl)cccc2Cl)nnn1-c1nonc1N. The number of non-ortho nitro benzene ring substituents is 1. The Bertz CT molecular complexity index is 1460. The van der Waals surface area contributed by atoms with E-state index < -0.39 is 10.8 Å². The molecule has 0 radical (unpaired) electrons. The van der Waals surface area contributed by atoms with Gasteiger partial charge in [-0.1, -0.05) is 34.5 Å². The van der Waals surface area contributed by atoms with Crippen molar-refractivity contribution < 1.29 is 19.1 Å². The number of hydrazone groups is 1. The highest BCUT2D eigenvalue weighted by atomic mass is 35.5. The lowest BCUT2D eigenvalue weighted by Crippen LogP contribution is -2.19. The fourth-order valence-corrected chi connectivity index (χ4v) is 3.50. The van der Waals surface area contributed by atoms with Gasteiger partial charge in [-0.2, -0.15) is 9.78 Å². The number of hydrogen-bond acceptors (Lipinski definition) is 11. The van der Waals surface area contributed by atoms with E-state index in [4.69, 9.17) is 33.7 Å². The molecule has 2 heterocycles. The Balaban J connectivity index is 1.53. The van der Waals surface area contributed by atoms with E-state index in [1.54, 1.807) is 25.1 Å². The van der Waals surface area contributed by atoms with Gasteiger partial charge in [0.1, 0.15) is 12.4 Å². The van der Waals surface area contributed by atoms with Gasteiger partial charge in [0, 0.05) is 33.3 Å². The Kier molecular flexibility index (Phi) is 7.07. The molecule has 0 atom stereocenters. The first-order valence-corrected chi connectivity index (χ1v) is 10.7. The number of hydrogen-bond donors (Lipinski definition) is 2. The first-order valence-electron chi connectivity index (χ1n) is 9.94. The highest BCUT2D eigenvalue weighted by Gasteiger charge is 2.21. The van der Waals surface area contributed by atoms with Crippen molar-refractivity contribution in [2.45, 2.75) is 13.5 Å². The largest absolute Gasteiger partial charge is 0.488 e. The second-order valence-electron chi connectivity index (χ2n) is 7.08. The van der Waals surface area contributed by atoms with Crippen LogP contribution in [0.1, 0.15) is 27.3 Å². The quantitative estimate of drug-likeness (QED) is 0.194. The molecule has 184 valence electrons. The van der Waals surface area contributed by atoms with Gasteiger partial charge in [0.05, 0.1) is 16.8 Å². The van der Waals surface area contributed by atoms with Gasteiger partial charge in [0.25, 0.3) is 11.6 Å². The van der Waals surface area contributed by atoms with Crippen LogP contribution in [0.3, 0.4) is 0 Å². The van der Waals surface area contributed by atoms with Crippen LogP contribution >= 0.6 is 23.2 Å². The number of nitro benzene ring substituents is 1. The summed E-state index contributed by atoms with van der Waals surface area (Å²) in [5.74, 6) is -0.435. The number of rotatable bonds is 8. The van der Waals surface area contributed by atoms with Gasteiger partial charge >= 0.3 is 0 Å². The smallest absolute Gasteiger partial charge is 0.293 e. The molecule has 0 aliphatic carbocycles. The third-order valence-corrected chi connectivity index (χ3v) is 5.52. The number of nitrogens with zero attached hydrogens (tertiary/aromatic N) is 7. The Labute approximate surface area is 211 Å². The van der Waals surface area contributed by atoms with Crippen LogP contribution in [0.2, 0.25) is 10.0 Å². The van der Waals surface area contributed by atoms with Gasteiger partial charge in [0.2, 0.25) is 11.6 Å². The molecular weight excluding hydrogens is 517 g/mol. The molecule has 36 heavy (non-hydrogen) atoms. The van der Waals surface area contributed by atoms with E-state index in [2.05, 4.69) is 35.8 Å². The van der Waals surface area contributed by atoms with Crippen LogP contribution in [0.25, 0.3) is 5.82 Å². The van der Waals surface area contributed by atoms with Gasteiger partial charge < -0.3 is 10.5 Å². The van der Waals surface area contributed by atoms with Crippen molar-refractivity contribution in [3.63, 3.8) is 0 Å². The predicted molar refractivity (Wildman–Crippen MR) is 127 cm³/mol. The number of halogens is 2. The number of benzene rings is 2. The molecule has 4 aromatic rings. The van der Waals surface area contributed by atoms with Crippen molar-refractivity contribution in [2.24, 2.45) is 5.10 Å². The van der Waals surface area contributed by atoms with Crippen molar-refractivity contribution in [3.05, 3.63) is 79.1 Å². The number of aromatic nitrogens is 5. The maximum atomic E-state index is 12.6. The number of carbonyl (C=O) groups is 1. The molecule has 0 aliphatic heterocycles. The number of anilines is 1. The zero-order valence-electron chi connectivity index (χ0n) is 18.3. The Morgan fingerprint density at radius 3 is 2.72 bits per heavy atom. The summed E-state index contributed by atoms with van der Waals surface area (Å²) in [5.41, 5.74) is 8.70. The standard InChI is InChI=1S/C20H15Cl2N9O5/c1-10-17(25-29-30(10)19-18(23)27-36-28-19)20(32)26-24-8-11-7-12(31(33)34)5-6-16(11)35-9-13-14(21)3-2-4-15(13)22/h2-8H,9H2,1H3,(H2,23,27)(H,26,32)/b24-8+. The summed E-state index contributed by atoms with van der Waals surface area (Å²) in [6.07, 6.45) is 1.19. The average molecular weight is 532 g/mol. The molecule has 0 aliphatic rings. The number of amides is 1. The molecular formula is C20H15Cl2N9O5. The minimum Gasteiger partial charge on any atom is -0.488 e. The van der Waals surface area contributed by atoms with Crippen molar-refractivity contribution >= 4 is 46.8 Å². The topological polar surface area (TPSA) is 189 Å². The highest BCUT2D eigenvalue weighted by Crippen LogP contribution is 2.28. The normalized spacial score (nSPS) is 11.1. The lowest BCUT2D eigenvalue weighted by Gasteiger charge is -2.11. The predicted octanol–water partition coefficient (Wildman–Crippen LogP) is 3.10.